The topological polar surface area (TPSA) is 42.9 Å². The van der Waals surface area contributed by atoms with E-state index in [2.05, 4.69) is 34.3 Å². The molecule has 0 amide bonds. The van der Waals surface area contributed by atoms with Gasteiger partial charge in [-0.25, -0.2) is 0 Å². The van der Waals surface area contributed by atoms with Crippen LogP contribution in [-0.2, 0) is 0 Å². The first-order valence-electron chi connectivity index (χ1n) is 9.80. The molecule has 1 aliphatic carbocycles. The summed E-state index contributed by atoms with van der Waals surface area (Å²) in [6, 6.07) is 1.60. The summed E-state index contributed by atoms with van der Waals surface area (Å²) in [4.78, 5) is 10.1. The van der Waals surface area contributed by atoms with Gasteiger partial charge in [-0.3, -0.25) is 9.89 Å². The van der Waals surface area contributed by atoms with Crippen LogP contribution in [0.4, 0.5) is 0 Å². The first kappa shape index (κ1) is 17.0. The quantitative estimate of drug-likeness (QED) is 0.551. The van der Waals surface area contributed by atoms with Gasteiger partial charge in [0.15, 0.2) is 5.96 Å². The third kappa shape index (κ3) is 4.83. The number of likely N-dealkylation sites (tertiary alicyclic amines) is 2. The maximum absolute atomic E-state index is 4.87. The molecule has 3 rings (SSSR count). The second-order valence-corrected chi connectivity index (χ2v) is 7.41. The van der Waals surface area contributed by atoms with Gasteiger partial charge in [0.1, 0.15) is 0 Å². The SMILES string of the molecule is CCNC(=NCC1CCN(C2CC2)C1)NCC1CCCN1CC. The third-order valence-corrected chi connectivity index (χ3v) is 5.64. The highest BCUT2D eigenvalue weighted by Gasteiger charge is 2.34. The van der Waals surface area contributed by atoms with E-state index in [1.165, 1.54) is 58.3 Å². The van der Waals surface area contributed by atoms with E-state index >= 15 is 0 Å². The van der Waals surface area contributed by atoms with Gasteiger partial charge in [0.05, 0.1) is 0 Å². The second kappa shape index (κ2) is 8.34. The van der Waals surface area contributed by atoms with Crippen molar-refractivity contribution < 1.29 is 0 Å². The Morgan fingerprint density at radius 3 is 2.70 bits per heavy atom. The zero-order valence-electron chi connectivity index (χ0n) is 15.1. The molecule has 5 nitrogen and oxygen atoms in total. The first-order valence-corrected chi connectivity index (χ1v) is 9.80. The fourth-order valence-corrected chi connectivity index (χ4v) is 4.10. The van der Waals surface area contributed by atoms with Crippen molar-refractivity contribution in [3.8, 4) is 0 Å². The standard InChI is InChI=1S/C18H35N5/c1-3-19-18(21-13-17-6-5-10-22(17)4-2)20-12-15-9-11-23(14-15)16-7-8-16/h15-17H,3-14H2,1-2H3,(H2,19,20,21). The Labute approximate surface area is 141 Å². The number of nitrogens with zero attached hydrogens (tertiary/aromatic N) is 3. The molecule has 2 aliphatic heterocycles. The molecule has 23 heavy (non-hydrogen) atoms. The number of hydrogen-bond acceptors (Lipinski definition) is 3. The van der Waals surface area contributed by atoms with Gasteiger partial charge >= 0.3 is 0 Å². The van der Waals surface area contributed by atoms with Crippen molar-refractivity contribution in [2.24, 2.45) is 10.9 Å². The lowest BCUT2D eigenvalue weighted by Gasteiger charge is -2.24. The Hall–Kier alpha value is -0.810. The lowest BCUT2D eigenvalue weighted by atomic mass is 10.1. The largest absolute Gasteiger partial charge is 0.357 e. The number of likely N-dealkylation sites (N-methyl/N-ethyl adjacent to an activating group) is 1. The van der Waals surface area contributed by atoms with E-state index in [1.54, 1.807) is 0 Å². The van der Waals surface area contributed by atoms with Crippen LogP contribution in [0.2, 0.25) is 0 Å². The molecule has 2 saturated heterocycles. The van der Waals surface area contributed by atoms with Gasteiger partial charge in [0.25, 0.3) is 0 Å². The van der Waals surface area contributed by atoms with Crippen molar-refractivity contribution in [2.75, 3.05) is 45.8 Å². The number of guanidine groups is 1. The van der Waals surface area contributed by atoms with Crippen LogP contribution in [-0.4, -0.2) is 73.7 Å². The van der Waals surface area contributed by atoms with Gasteiger partial charge in [-0.1, -0.05) is 6.92 Å². The van der Waals surface area contributed by atoms with E-state index in [4.69, 9.17) is 4.99 Å². The average molecular weight is 322 g/mol. The van der Waals surface area contributed by atoms with Crippen LogP contribution in [0.5, 0.6) is 0 Å². The summed E-state index contributed by atoms with van der Waals surface area (Å²) in [6.07, 6.45) is 6.84. The molecule has 0 bridgehead atoms. The Balaban J connectivity index is 1.43. The van der Waals surface area contributed by atoms with Gasteiger partial charge in [-0.2, -0.15) is 0 Å². The van der Waals surface area contributed by atoms with E-state index in [0.717, 1.165) is 37.6 Å². The minimum Gasteiger partial charge on any atom is -0.357 e. The van der Waals surface area contributed by atoms with Crippen molar-refractivity contribution in [1.29, 1.82) is 0 Å². The van der Waals surface area contributed by atoms with Crippen LogP contribution in [0.1, 0.15) is 46.0 Å². The molecule has 0 radical (unpaired) electrons. The Morgan fingerprint density at radius 1 is 1.09 bits per heavy atom. The van der Waals surface area contributed by atoms with Crippen LogP contribution in [0.3, 0.4) is 0 Å². The molecule has 0 aromatic rings. The second-order valence-electron chi connectivity index (χ2n) is 7.41. The zero-order valence-corrected chi connectivity index (χ0v) is 15.1. The van der Waals surface area contributed by atoms with Crippen molar-refractivity contribution >= 4 is 5.96 Å². The maximum atomic E-state index is 4.87. The van der Waals surface area contributed by atoms with Gasteiger partial charge in [0, 0.05) is 38.3 Å². The van der Waals surface area contributed by atoms with Crippen molar-refractivity contribution in [3.63, 3.8) is 0 Å². The van der Waals surface area contributed by atoms with E-state index in [0.29, 0.717) is 6.04 Å². The fourth-order valence-electron chi connectivity index (χ4n) is 4.10. The van der Waals surface area contributed by atoms with Gasteiger partial charge in [-0.15, -0.1) is 0 Å². The van der Waals surface area contributed by atoms with Crippen LogP contribution < -0.4 is 10.6 Å². The Bertz CT molecular complexity index is 393. The minimum absolute atomic E-state index is 0.681. The highest BCUT2D eigenvalue weighted by atomic mass is 15.2. The van der Waals surface area contributed by atoms with Crippen LogP contribution >= 0.6 is 0 Å². The lowest BCUT2D eigenvalue weighted by Crippen LogP contribution is -2.45. The molecule has 2 heterocycles. The molecule has 0 aromatic heterocycles. The van der Waals surface area contributed by atoms with E-state index in [1.807, 2.05) is 0 Å². The highest BCUT2D eigenvalue weighted by Crippen LogP contribution is 2.31. The van der Waals surface area contributed by atoms with Gasteiger partial charge in [0.2, 0.25) is 0 Å². The molecule has 2 N–H and O–H groups in total. The average Bonchev–Trinajstić information content (AvgIpc) is 3.13. The molecule has 132 valence electrons. The summed E-state index contributed by atoms with van der Waals surface area (Å²) in [5.74, 6) is 1.77. The molecular weight excluding hydrogens is 286 g/mol. The van der Waals surface area contributed by atoms with E-state index < -0.39 is 0 Å². The number of aliphatic imine (C=N–C) groups is 1. The van der Waals surface area contributed by atoms with Crippen molar-refractivity contribution in [1.82, 2.24) is 20.4 Å². The molecule has 2 unspecified atom stereocenters. The smallest absolute Gasteiger partial charge is 0.191 e. The number of hydrogen-bond donors (Lipinski definition) is 2. The van der Waals surface area contributed by atoms with Crippen molar-refractivity contribution in [2.45, 2.75) is 58.0 Å². The molecule has 1 saturated carbocycles. The molecule has 2 atom stereocenters. The van der Waals surface area contributed by atoms with Crippen LogP contribution in [0.15, 0.2) is 4.99 Å². The monoisotopic (exact) mass is 321 g/mol. The summed E-state index contributed by atoms with van der Waals surface area (Å²) >= 11 is 0. The maximum Gasteiger partial charge on any atom is 0.191 e. The zero-order chi connectivity index (χ0) is 16.1. The molecule has 0 aromatic carbocycles. The van der Waals surface area contributed by atoms with Crippen molar-refractivity contribution in [3.05, 3.63) is 0 Å². The van der Waals surface area contributed by atoms with Gasteiger partial charge in [-0.05, 0) is 64.6 Å². The van der Waals surface area contributed by atoms with E-state index in [9.17, 15) is 0 Å². The summed E-state index contributed by atoms with van der Waals surface area (Å²) in [6.45, 7) is 12.3. The van der Waals surface area contributed by atoms with Crippen LogP contribution in [0, 0.1) is 5.92 Å². The predicted octanol–water partition coefficient (Wildman–Crippen LogP) is 1.51. The van der Waals surface area contributed by atoms with Gasteiger partial charge < -0.3 is 15.5 Å². The Kier molecular flexibility index (Phi) is 6.17. The first-order chi connectivity index (χ1) is 11.3. The molecule has 0 spiro atoms. The summed E-state index contributed by atoms with van der Waals surface area (Å²) in [7, 11) is 0. The molecular formula is C18H35N5. The summed E-state index contributed by atoms with van der Waals surface area (Å²) in [5, 5.41) is 7.00. The third-order valence-electron chi connectivity index (χ3n) is 5.64. The highest BCUT2D eigenvalue weighted by molar-refractivity contribution is 5.79. The summed E-state index contributed by atoms with van der Waals surface area (Å²) < 4.78 is 0. The number of nitrogens with one attached hydrogen (secondary N) is 2. The summed E-state index contributed by atoms with van der Waals surface area (Å²) in [5.41, 5.74) is 0. The normalized spacial score (nSPS) is 30.1. The predicted molar refractivity (Wildman–Crippen MR) is 97.0 cm³/mol. The van der Waals surface area contributed by atoms with E-state index in [-0.39, 0.29) is 0 Å². The molecule has 3 aliphatic rings. The minimum atomic E-state index is 0.681. The fraction of sp³-hybridized carbons (Fsp3) is 0.944. The lowest BCUT2D eigenvalue weighted by molar-refractivity contribution is 0.267. The molecule has 5 heteroatoms. The Morgan fingerprint density at radius 2 is 1.96 bits per heavy atom. The number of rotatable bonds is 7. The van der Waals surface area contributed by atoms with Crippen LogP contribution in [0.25, 0.3) is 0 Å². The molecule has 3 fully saturated rings.